The Morgan fingerprint density at radius 2 is 1.73 bits per heavy atom. The van der Waals surface area contributed by atoms with Crippen molar-refractivity contribution >= 4 is 36.4 Å². The molecule has 1 aromatic carbocycles. The Hall–Kier alpha value is -0.270. The standard InChI is InChI=1S/C13H15ClF4N2.2ClH/c1-8(20-4-2-19-3-5-20)10-6-9(13(16,17)18)7-11(14)12(10)15;;/h6-8,19H,2-5H2,1H3;2*1H/t8-;;/m0../s1. The Kier molecular flexibility index (Phi) is 8.44. The topological polar surface area (TPSA) is 15.3 Å². The highest BCUT2D eigenvalue weighted by atomic mass is 35.5. The van der Waals surface area contributed by atoms with E-state index in [0.29, 0.717) is 19.2 Å². The zero-order valence-corrected chi connectivity index (χ0v) is 14.1. The molecule has 0 spiro atoms. The van der Waals surface area contributed by atoms with E-state index >= 15 is 0 Å². The van der Waals surface area contributed by atoms with E-state index in [2.05, 4.69) is 5.32 Å². The number of alkyl halides is 3. The third-order valence-corrected chi connectivity index (χ3v) is 3.81. The van der Waals surface area contributed by atoms with Crippen molar-refractivity contribution in [1.29, 1.82) is 0 Å². The Bertz CT molecular complexity index is 491. The average molecular weight is 384 g/mol. The summed E-state index contributed by atoms with van der Waals surface area (Å²) in [5.74, 6) is -0.773. The van der Waals surface area contributed by atoms with E-state index in [9.17, 15) is 17.6 Å². The monoisotopic (exact) mass is 382 g/mol. The molecule has 1 fully saturated rings. The maximum absolute atomic E-state index is 14.0. The van der Waals surface area contributed by atoms with Crippen molar-refractivity contribution in [3.63, 3.8) is 0 Å². The summed E-state index contributed by atoms with van der Waals surface area (Å²) >= 11 is 5.60. The fourth-order valence-corrected chi connectivity index (χ4v) is 2.57. The van der Waals surface area contributed by atoms with Crippen LogP contribution in [-0.4, -0.2) is 31.1 Å². The fourth-order valence-electron chi connectivity index (χ4n) is 2.34. The number of hydrogen-bond acceptors (Lipinski definition) is 2. The molecular formula is C13H17Cl3F4N2. The second-order valence-electron chi connectivity index (χ2n) is 4.82. The molecular weight excluding hydrogens is 367 g/mol. The summed E-state index contributed by atoms with van der Waals surface area (Å²) in [6.07, 6.45) is -4.53. The number of nitrogens with one attached hydrogen (secondary N) is 1. The first-order chi connectivity index (χ1) is 9.30. The van der Waals surface area contributed by atoms with Crippen LogP contribution in [0.2, 0.25) is 5.02 Å². The van der Waals surface area contributed by atoms with Crippen molar-refractivity contribution in [1.82, 2.24) is 10.2 Å². The Morgan fingerprint density at radius 1 is 1.18 bits per heavy atom. The largest absolute Gasteiger partial charge is 0.416 e. The average Bonchev–Trinajstić information content (AvgIpc) is 2.40. The molecule has 1 aliphatic heterocycles. The van der Waals surface area contributed by atoms with Crippen molar-refractivity contribution in [2.24, 2.45) is 0 Å². The molecule has 2 nitrogen and oxygen atoms in total. The maximum Gasteiger partial charge on any atom is 0.416 e. The molecule has 0 amide bonds. The minimum atomic E-state index is -4.53. The third kappa shape index (κ3) is 4.86. The summed E-state index contributed by atoms with van der Waals surface area (Å²) in [7, 11) is 0. The van der Waals surface area contributed by atoms with Crippen molar-refractivity contribution in [2.75, 3.05) is 26.2 Å². The van der Waals surface area contributed by atoms with Gasteiger partial charge in [-0.2, -0.15) is 13.2 Å². The van der Waals surface area contributed by atoms with Crippen LogP contribution in [0, 0.1) is 5.82 Å². The zero-order chi connectivity index (χ0) is 14.9. The first-order valence-electron chi connectivity index (χ1n) is 6.31. The van der Waals surface area contributed by atoms with E-state index in [4.69, 9.17) is 11.6 Å². The lowest BCUT2D eigenvalue weighted by atomic mass is 10.0. The van der Waals surface area contributed by atoms with Crippen molar-refractivity contribution in [3.05, 3.63) is 34.1 Å². The normalized spacial score (nSPS) is 17.4. The molecule has 1 aromatic rings. The smallest absolute Gasteiger partial charge is 0.314 e. The summed E-state index contributed by atoms with van der Waals surface area (Å²) < 4.78 is 52.4. The van der Waals surface area contributed by atoms with Crippen LogP contribution in [0.1, 0.15) is 24.1 Å². The lowest BCUT2D eigenvalue weighted by Crippen LogP contribution is -2.44. The molecule has 22 heavy (non-hydrogen) atoms. The van der Waals surface area contributed by atoms with Crippen molar-refractivity contribution in [3.8, 4) is 0 Å². The lowest BCUT2D eigenvalue weighted by Gasteiger charge is -2.33. The minimum Gasteiger partial charge on any atom is -0.314 e. The summed E-state index contributed by atoms with van der Waals surface area (Å²) in [6, 6.07) is 1.04. The van der Waals surface area contributed by atoms with E-state index in [1.165, 1.54) is 0 Å². The molecule has 0 aliphatic carbocycles. The van der Waals surface area contributed by atoms with Gasteiger partial charge in [0.2, 0.25) is 0 Å². The van der Waals surface area contributed by atoms with Crippen molar-refractivity contribution in [2.45, 2.75) is 19.1 Å². The van der Waals surface area contributed by atoms with Gasteiger partial charge in [-0.25, -0.2) is 4.39 Å². The fraction of sp³-hybridized carbons (Fsp3) is 0.538. The number of hydrogen-bond donors (Lipinski definition) is 1. The van der Waals surface area contributed by atoms with Gasteiger partial charge in [-0.15, -0.1) is 24.8 Å². The molecule has 1 aliphatic rings. The van der Waals surface area contributed by atoms with E-state index in [1.807, 2.05) is 4.90 Å². The van der Waals surface area contributed by atoms with E-state index in [0.717, 1.165) is 19.2 Å². The first kappa shape index (κ1) is 21.7. The molecule has 1 saturated heterocycles. The van der Waals surface area contributed by atoms with Crippen LogP contribution in [0.15, 0.2) is 12.1 Å². The van der Waals surface area contributed by atoms with Gasteiger partial charge < -0.3 is 5.32 Å². The summed E-state index contributed by atoms with van der Waals surface area (Å²) in [4.78, 5) is 1.94. The van der Waals surface area contributed by atoms with Gasteiger partial charge in [0, 0.05) is 37.8 Å². The van der Waals surface area contributed by atoms with E-state index in [1.54, 1.807) is 6.92 Å². The third-order valence-electron chi connectivity index (χ3n) is 3.53. The molecule has 1 N–H and O–H groups in total. The van der Waals surface area contributed by atoms with Gasteiger partial charge >= 0.3 is 6.18 Å². The van der Waals surface area contributed by atoms with Gasteiger partial charge in [0.15, 0.2) is 0 Å². The number of benzene rings is 1. The molecule has 0 radical (unpaired) electrons. The van der Waals surface area contributed by atoms with Gasteiger partial charge in [0.25, 0.3) is 0 Å². The Balaban J connectivity index is 0.00000220. The van der Waals surface area contributed by atoms with Crippen molar-refractivity contribution < 1.29 is 17.6 Å². The molecule has 0 aromatic heterocycles. The number of nitrogens with zero attached hydrogens (tertiary/aromatic N) is 1. The molecule has 0 saturated carbocycles. The molecule has 128 valence electrons. The zero-order valence-electron chi connectivity index (χ0n) is 11.7. The van der Waals surface area contributed by atoms with Crippen LogP contribution in [0.5, 0.6) is 0 Å². The molecule has 0 unspecified atom stereocenters. The molecule has 1 atom stereocenters. The van der Waals surface area contributed by atoms with Crippen LogP contribution < -0.4 is 5.32 Å². The summed E-state index contributed by atoms with van der Waals surface area (Å²) in [6.45, 7) is 4.49. The number of halogens is 7. The molecule has 0 bridgehead atoms. The quantitative estimate of drug-likeness (QED) is 0.766. The van der Waals surface area contributed by atoms with Crippen LogP contribution in [0.4, 0.5) is 17.6 Å². The highest BCUT2D eigenvalue weighted by molar-refractivity contribution is 6.30. The SMILES string of the molecule is C[C@@H](c1cc(C(F)(F)F)cc(Cl)c1F)N1CCNCC1.Cl.Cl. The second kappa shape index (κ2) is 8.55. The summed E-state index contributed by atoms with van der Waals surface area (Å²) in [5.41, 5.74) is -0.924. The van der Waals surface area contributed by atoms with Gasteiger partial charge in [-0.05, 0) is 19.1 Å². The predicted octanol–water partition coefficient (Wildman–Crippen LogP) is 4.31. The molecule has 9 heteroatoms. The number of piperazine rings is 1. The van der Waals surface area contributed by atoms with Gasteiger partial charge in [0.05, 0.1) is 10.6 Å². The Labute approximate surface area is 144 Å². The van der Waals surface area contributed by atoms with Crippen LogP contribution in [0.25, 0.3) is 0 Å². The van der Waals surface area contributed by atoms with Crippen LogP contribution >= 0.6 is 36.4 Å². The van der Waals surface area contributed by atoms with Crippen LogP contribution in [0.3, 0.4) is 0 Å². The number of rotatable bonds is 2. The van der Waals surface area contributed by atoms with Gasteiger partial charge in [-0.1, -0.05) is 11.6 Å². The highest BCUT2D eigenvalue weighted by Crippen LogP contribution is 2.36. The predicted molar refractivity (Wildman–Crippen MR) is 83.8 cm³/mol. The molecule has 2 rings (SSSR count). The summed E-state index contributed by atoms with van der Waals surface area (Å²) in [5, 5.41) is 2.65. The minimum absolute atomic E-state index is 0. The van der Waals surface area contributed by atoms with Gasteiger partial charge in [-0.3, -0.25) is 4.90 Å². The molecule has 1 heterocycles. The van der Waals surface area contributed by atoms with Crippen LogP contribution in [-0.2, 0) is 6.18 Å². The second-order valence-corrected chi connectivity index (χ2v) is 5.23. The lowest BCUT2D eigenvalue weighted by molar-refractivity contribution is -0.137. The van der Waals surface area contributed by atoms with Gasteiger partial charge in [0.1, 0.15) is 5.82 Å². The first-order valence-corrected chi connectivity index (χ1v) is 6.69. The highest BCUT2D eigenvalue weighted by Gasteiger charge is 2.33. The van der Waals surface area contributed by atoms with E-state index in [-0.39, 0.29) is 30.4 Å². The Morgan fingerprint density at radius 3 is 2.23 bits per heavy atom. The maximum atomic E-state index is 14.0. The van der Waals surface area contributed by atoms with E-state index < -0.39 is 28.6 Å².